The van der Waals surface area contributed by atoms with Gasteiger partial charge in [-0.2, -0.15) is 0 Å². The summed E-state index contributed by atoms with van der Waals surface area (Å²) in [7, 11) is 4.05. The number of hydrogen-bond donors (Lipinski definition) is 2. The zero-order valence-corrected chi connectivity index (χ0v) is 11.4. The van der Waals surface area contributed by atoms with E-state index in [1.165, 1.54) is 5.56 Å². The maximum atomic E-state index is 11.7. The van der Waals surface area contributed by atoms with E-state index in [1.807, 2.05) is 45.3 Å². The van der Waals surface area contributed by atoms with Crippen LogP contribution in [0, 0.1) is 0 Å². The second-order valence-corrected chi connectivity index (χ2v) is 4.82. The minimum atomic E-state index is -0.420. The fourth-order valence-corrected chi connectivity index (χ4v) is 1.74. The molecular formula is C14H23N3O. The van der Waals surface area contributed by atoms with Crippen LogP contribution < -0.4 is 11.1 Å². The topological polar surface area (TPSA) is 58.4 Å². The third-order valence-corrected chi connectivity index (χ3v) is 2.66. The van der Waals surface area contributed by atoms with E-state index in [0.29, 0.717) is 6.42 Å². The number of rotatable bonds is 6. The molecule has 1 amide bonds. The summed E-state index contributed by atoms with van der Waals surface area (Å²) in [5.41, 5.74) is 7.77. The highest BCUT2D eigenvalue weighted by atomic mass is 16.2. The predicted octanol–water partition coefficient (Wildman–Crippen LogP) is 1.81. The summed E-state index contributed by atoms with van der Waals surface area (Å²) in [4.78, 5) is 13.8. The van der Waals surface area contributed by atoms with Gasteiger partial charge in [-0.05, 0) is 38.2 Å². The molecule has 0 aromatic heterocycles. The van der Waals surface area contributed by atoms with Crippen LogP contribution in [-0.2, 0) is 11.3 Å². The van der Waals surface area contributed by atoms with Gasteiger partial charge in [0.2, 0.25) is 5.91 Å². The van der Waals surface area contributed by atoms with Gasteiger partial charge in [0, 0.05) is 12.2 Å². The average molecular weight is 249 g/mol. The number of anilines is 1. The molecule has 0 radical (unpaired) electrons. The van der Waals surface area contributed by atoms with Crippen LogP contribution in [0.5, 0.6) is 0 Å². The number of nitrogens with one attached hydrogen (secondary N) is 1. The second kappa shape index (κ2) is 7.13. The maximum Gasteiger partial charge on any atom is 0.241 e. The highest BCUT2D eigenvalue weighted by molar-refractivity contribution is 5.94. The molecule has 4 nitrogen and oxygen atoms in total. The third kappa shape index (κ3) is 4.85. The molecule has 18 heavy (non-hydrogen) atoms. The maximum absolute atomic E-state index is 11.7. The van der Waals surface area contributed by atoms with E-state index in [2.05, 4.69) is 10.2 Å². The number of amides is 1. The summed E-state index contributed by atoms with van der Waals surface area (Å²) in [6, 6.07) is 7.43. The van der Waals surface area contributed by atoms with Crippen LogP contribution in [0.15, 0.2) is 24.3 Å². The summed E-state index contributed by atoms with van der Waals surface area (Å²) in [6.07, 6.45) is 1.63. The molecule has 3 N–H and O–H groups in total. The molecule has 4 heteroatoms. The Hall–Kier alpha value is -1.39. The summed E-state index contributed by atoms with van der Waals surface area (Å²) >= 11 is 0. The van der Waals surface area contributed by atoms with E-state index in [0.717, 1.165) is 18.7 Å². The van der Waals surface area contributed by atoms with Gasteiger partial charge >= 0.3 is 0 Å². The van der Waals surface area contributed by atoms with Crippen LogP contribution >= 0.6 is 0 Å². The van der Waals surface area contributed by atoms with Crippen LogP contribution in [0.2, 0.25) is 0 Å². The predicted molar refractivity (Wildman–Crippen MR) is 75.3 cm³/mol. The normalized spacial score (nSPS) is 12.5. The molecule has 1 atom stereocenters. The quantitative estimate of drug-likeness (QED) is 0.808. The molecule has 1 aromatic carbocycles. The minimum Gasteiger partial charge on any atom is -0.325 e. The SMILES string of the molecule is CCC[C@@H](N)C(=O)Nc1ccc(CN(C)C)cc1. The lowest BCUT2D eigenvalue weighted by Crippen LogP contribution is -2.35. The lowest BCUT2D eigenvalue weighted by atomic mass is 10.1. The van der Waals surface area contributed by atoms with E-state index in [4.69, 9.17) is 5.73 Å². The van der Waals surface area contributed by atoms with Crippen molar-refractivity contribution in [2.45, 2.75) is 32.4 Å². The average Bonchev–Trinajstić information content (AvgIpc) is 2.31. The van der Waals surface area contributed by atoms with Crippen molar-refractivity contribution in [1.29, 1.82) is 0 Å². The van der Waals surface area contributed by atoms with Crippen LogP contribution in [0.25, 0.3) is 0 Å². The van der Waals surface area contributed by atoms with Crippen LogP contribution in [0.1, 0.15) is 25.3 Å². The molecule has 0 aliphatic heterocycles. The Morgan fingerprint density at radius 2 is 1.94 bits per heavy atom. The molecule has 0 saturated heterocycles. The molecule has 1 rings (SSSR count). The zero-order chi connectivity index (χ0) is 13.5. The van der Waals surface area contributed by atoms with Crippen LogP contribution in [-0.4, -0.2) is 30.9 Å². The van der Waals surface area contributed by atoms with Gasteiger partial charge in [-0.25, -0.2) is 0 Å². The molecule has 0 spiro atoms. The highest BCUT2D eigenvalue weighted by Crippen LogP contribution is 2.11. The fourth-order valence-electron chi connectivity index (χ4n) is 1.74. The van der Waals surface area contributed by atoms with Gasteiger partial charge in [0.05, 0.1) is 6.04 Å². The molecule has 0 bridgehead atoms. The molecule has 0 aliphatic rings. The molecule has 100 valence electrons. The zero-order valence-electron chi connectivity index (χ0n) is 11.4. The number of nitrogens with two attached hydrogens (primary N) is 1. The minimum absolute atomic E-state index is 0.114. The van der Waals surface area contributed by atoms with E-state index >= 15 is 0 Å². The molecular weight excluding hydrogens is 226 g/mol. The summed E-state index contributed by atoms with van der Waals surface area (Å²) in [5, 5.41) is 2.83. The van der Waals surface area contributed by atoms with Crippen molar-refractivity contribution < 1.29 is 4.79 Å². The van der Waals surface area contributed by atoms with Gasteiger partial charge in [0.15, 0.2) is 0 Å². The summed E-state index contributed by atoms with van der Waals surface area (Å²) in [5.74, 6) is -0.114. The second-order valence-electron chi connectivity index (χ2n) is 4.82. The van der Waals surface area contributed by atoms with Gasteiger partial charge in [0.1, 0.15) is 0 Å². The number of benzene rings is 1. The smallest absolute Gasteiger partial charge is 0.241 e. The van der Waals surface area contributed by atoms with Gasteiger partial charge in [-0.1, -0.05) is 25.5 Å². The molecule has 0 aliphatic carbocycles. The Morgan fingerprint density at radius 3 is 2.44 bits per heavy atom. The molecule has 0 saturated carbocycles. The van der Waals surface area contributed by atoms with E-state index in [-0.39, 0.29) is 5.91 Å². The molecule has 1 aromatic rings. The van der Waals surface area contributed by atoms with E-state index in [1.54, 1.807) is 0 Å². The van der Waals surface area contributed by atoms with Crippen molar-refractivity contribution in [3.05, 3.63) is 29.8 Å². The first kappa shape index (κ1) is 14.7. The number of carbonyl (C=O) groups is 1. The molecule has 0 unspecified atom stereocenters. The van der Waals surface area contributed by atoms with Gasteiger partial charge in [-0.3, -0.25) is 4.79 Å². The Bertz CT molecular complexity index is 373. The lowest BCUT2D eigenvalue weighted by molar-refractivity contribution is -0.117. The first-order valence-electron chi connectivity index (χ1n) is 6.33. The standard InChI is InChI=1S/C14H23N3O/c1-4-5-13(15)14(18)16-12-8-6-11(7-9-12)10-17(2)3/h6-9,13H,4-5,10,15H2,1-3H3,(H,16,18)/t13-/m1/s1. The summed E-state index contributed by atoms with van der Waals surface area (Å²) in [6.45, 7) is 2.91. The fraction of sp³-hybridized carbons (Fsp3) is 0.500. The van der Waals surface area contributed by atoms with Crippen LogP contribution in [0.4, 0.5) is 5.69 Å². The first-order chi connectivity index (χ1) is 8.52. The molecule has 0 heterocycles. The first-order valence-corrected chi connectivity index (χ1v) is 6.33. The Balaban J connectivity index is 2.55. The van der Waals surface area contributed by atoms with Crippen LogP contribution in [0.3, 0.4) is 0 Å². The lowest BCUT2D eigenvalue weighted by Gasteiger charge is -2.13. The van der Waals surface area contributed by atoms with Crippen molar-refractivity contribution in [1.82, 2.24) is 4.90 Å². The Labute approximate surface area is 109 Å². The van der Waals surface area contributed by atoms with Gasteiger partial charge in [0.25, 0.3) is 0 Å². The summed E-state index contributed by atoms with van der Waals surface area (Å²) < 4.78 is 0. The molecule has 0 fully saturated rings. The van der Waals surface area contributed by atoms with E-state index < -0.39 is 6.04 Å². The number of carbonyl (C=O) groups excluding carboxylic acids is 1. The Morgan fingerprint density at radius 1 is 1.33 bits per heavy atom. The van der Waals surface area contributed by atoms with Crippen molar-refractivity contribution in [3.63, 3.8) is 0 Å². The van der Waals surface area contributed by atoms with Crippen molar-refractivity contribution in [2.24, 2.45) is 5.73 Å². The van der Waals surface area contributed by atoms with E-state index in [9.17, 15) is 4.79 Å². The number of nitrogens with zero attached hydrogens (tertiary/aromatic N) is 1. The third-order valence-electron chi connectivity index (χ3n) is 2.66. The largest absolute Gasteiger partial charge is 0.325 e. The highest BCUT2D eigenvalue weighted by Gasteiger charge is 2.11. The van der Waals surface area contributed by atoms with Crippen molar-refractivity contribution in [3.8, 4) is 0 Å². The van der Waals surface area contributed by atoms with Gasteiger partial charge < -0.3 is 16.0 Å². The Kier molecular flexibility index (Phi) is 5.82. The van der Waals surface area contributed by atoms with Crippen molar-refractivity contribution >= 4 is 11.6 Å². The van der Waals surface area contributed by atoms with Gasteiger partial charge in [-0.15, -0.1) is 0 Å². The monoisotopic (exact) mass is 249 g/mol. The van der Waals surface area contributed by atoms with Crippen molar-refractivity contribution in [2.75, 3.05) is 19.4 Å². The number of hydrogen-bond acceptors (Lipinski definition) is 3.